The van der Waals surface area contributed by atoms with E-state index in [0.717, 1.165) is 12.0 Å². The molecule has 8 heteroatoms. The largest absolute Gasteiger partial charge is 0.497 e. The van der Waals surface area contributed by atoms with Gasteiger partial charge in [0.15, 0.2) is 3.95 Å². The van der Waals surface area contributed by atoms with Crippen LogP contribution >= 0.6 is 23.6 Å². The van der Waals surface area contributed by atoms with Crippen LogP contribution < -0.4 is 20.5 Å². The number of ether oxygens (including phenoxy) is 2. The highest BCUT2D eigenvalue weighted by molar-refractivity contribution is 7.73. The number of anilines is 1. The Balaban J connectivity index is 1.84. The van der Waals surface area contributed by atoms with Crippen LogP contribution in [0.1, 0.15) is 15.2 Å². The van der Waals surface area contributed by atoms with Crippen molar-refractivity contribution in [2.45, 2.75) is 6.42 Å². The van der Waals surface area contributed by atoms with Crippen LogP contribution in [-0.4, -0.2) is 31.2 Å². The first-order valence-corrected chi connectivity index (χ1v) is 9.83. The van der Waals surface area contributed by atoms with Gasteiger partial charge in [0.25, 0.3) is 5.91 Å². The fourth-order valence-electron chi connectivity index (χ4n) is 2.79. The Labute approximate surface area is 172 Å². The number of hydrogen-bond acceptors (Lipinski definition) is 6. The van der Waals surface area contributed by atoms with Gasteiger partial charge in [-0.05, 0) is 36.3 Å². The van der Waals surface area contributed by atoms with Crippen LogP contribution in [0.4, 0.5) is 5.82 Å². The molecule has 0 aliphatic carbocycles. The molecule has 0 atom stereocenters. The Hall–Kier alpha value is -2.84. The van der Waals surface area contributed by atoms with Crippen molar-refractivity contribution in [2.75, 3.05) is 26.5 Å². The topological polar surface area (TPSA) is 78.5 Å². The highest BCUT2D eigenvalue weighted by atomic mass is 32.1. The summed E-state index contributed by atoms with van der Waals surface area (Å²) in [5.74, 6) is 1.25. The van der Waals surface area contributed by atoms with Gasteiger partial charge < -0.3 is 20.5 Å². The first kappa shape index (κ1) is 19.9. The number of amides is 1. The predicted octanol–water partition coefficient (Wildman–Crippen LogP) is 3.84. The van der Waals surface area contributed by atoms with Gasteiger partial charge in [0.05, 0.1) is 19.9 Å². The minimum absolute atomic E-state index is 0.245. The number of hydrogen-bond donors (Lipinski definition) is 2. The third kappa shape index (κ3) is 4.18. The van der Waals surface area contributed by atoms with Crippen LogP contribution in [0.3, 0.4) is 0 Å². The van der Waals surface area contributed by atoms with Crippen molar-refractivity contribution in [3.05, 3.63) is 62.9 Å². The van der Waals surface area contributed by atoms with Crippen LogP contribution in [-0.2, 0) is 6.42 Å². The smallest absolute Gasteiger partial charge is 0.265 e. The number of nitrogens with two attached hydrogens (primary N) is 1. The third-order valence-electron chi connectivity index (χ3n) is 4.22. The van der Waals surface area contributed by atoms with E-state index >= 15 is 0 Å². The van der Waals surface area contributed by atoms with Gasteiger partial charge in [-0.1, -0.05) is 41.7 Å². The average Bonchev–Trinajstić information content (AvgIpc) is 3.02. The number of aromatic nitrogens is 1. The normalized spacial score (nSPS) is 10.5. The van der Waals surface area contributed by atoms with Crippen molar-refractivity contribution < 1.29 is 14.3 Å². The van der Waals surface area contributed by atoms with Gasteiger partial charge in [0.2, 0.25) is 0 Å². The number of benzene rings is 2. The molecule has 0 aliphatic heterocycles. The molecule has 3 rings (SSSR count). The molecule has 28 heavy (non-hydrogen) atoms. The van der Waals surface area contributed by atoms with E-state index in [-0.39, 0.29) is 11.7 Å². The fourth-order valence-corrected chi connectivity index (χ4v) is 4.06. The van der Waals surface area contributed by atoms with Gasteiger partial charge in [0.1, 0.15) is 22.2 Å². The molecule has 0 saturated carbocycles. The summed E-state index contributed by atoms with van der Waals surface area (Å²) in [6.45, 7) is 0.509. The lowest BCUT2D eigenvalue weighted by Crippen LogP contribution is -2.25. The highest BCUT2D eigenvalue weighted by Crippen LogP contribution is 2.33. The van der Waals surface area contributed by atoms with Crippen LogP contribution in [0.5, 0.6) is 11.5 Å². The molecule has 0 aliphatic rings. The van der Waals surface area contributed by atoms with Crippen molar-refractivity contribution in [3.63, 3.8) is 0 Å². The van der Waals surface area contributed by atoms with Crippen molar-refractivity contribution in [2.24, 2.45) is 0 Å². The van der Waals surface area contributed by atoms with Gasteiger partial charge >= 0.3 is 0 Å². The maximum Gasteiger partial charge on any atom is 0.265 e. The zero-order valence-corrected chi connectivity index (χ0v) is 17.2. The molecule has 0 spiro atoms. The van der Waals surface area contributed by atoms with E-state index in [9.17, 15) is 4.79 Å². The zero-order valence-electron chi connectivity index (χ0n) is 15.6. The van der Waals surface area contributed by atoms with E-state index < -0.39 is 0 Å². The molecule has 3 aromatic rings. The molecule has 1 amide bonds. The number of thiazole rings is 1. The summed E-state index contributed by atoms with van der Waals surface area (Å²) < 4.78 is 12.8. The number of nitrogens with zero attached hydrogens (tertiary/aromatic N) is 1. The second-order valence-corrected chi connectivity index (χ2v) is 7.59. The van der Waals surface area contributed by atoms with Gasteiger partial charge in [-0.15, -0.1) is 0 Å². The van der Waals surface area contributed by atoms with Crippen LogP contribution in [0, 0.1) is 3.95 Å². The highest BCUT2D eigenvalue weighted by Gasteiger charge is 2.20. The molecule has 0 fully saturated rings. The number of nitrogens with one attached hydrogen (secondary N) is 1. The molecule has 0 saturated heterocycles. The summed E-state index contributed by atoms with van der Waals surface area (Å²) in [7, 11) is 3.14. The molecule has 0 radical (unpaired) electrons. The molecule has 3 N–H and O–H groups in total. The Bertz CT molecular complexity index is 1030. The summed E-state index contributed by atoms with van der Waals surface area (Å²) in [4.78, 5) is 13.0. The molecule has 146 valence electrons. The summed E-state index contributed by atoms with van der Waals surface area (Å²) in [5, 5.41) is 2.91. The first-order valence-electron chi connectivity index (χ1n) is 8.61. The molecule has 1 aromatic heterocycles. The van der Waals surface area contributed by atoms with Crippen molar-refractivity contribution in [1.29, 1.82) is 0 Å². The fraction of sp³-hybridized carbons (Fsp3) is 0.200. The first-order chi connectivity index (χ1) is 13.5. The lowest BCUT2D eigenvalue weighted by atomic mass is 10.1. The van der Waals surface area contributed by atoms with E-state index in [1.54, 1.807) is 37.0 Å². The van der Waals surface area contributed by atoms with Gasteiger partial charge in [-0.3, -0.25) is 9.36 Å². The lowest BCUT2D eigenvalue weighted by Gasteiger charge is -2.13. The number of carbonyl (C=O) groups is 1. The van der Waals surface area contributed by atoms with E-state index in [1.165, 1.54) is 11.3 Å². The molecular formula is C20H21N3O3S2. The average molecular weight is 416 g/mol. The number of rotatable bonds is 7. The van der Waals surface area contributed by atoms with E-state index in [4.69, 9.17) is 27.4 Å². The van der Waals surface area contributed by atoms with Crippen molar-refractivity contribution in [1.82, 2.24) is 9.88 Å². The molecule has 0 unspecified atom stereocenters. The number of methoxy groups -OCH3 is 2. The standard InChI is InChI=1S/C20H21N3O3S2/c1-25-14-8-9-16(26-2)15(12-14)23-18(21)17(28-20(23)27)19(24)22-11-10-13-6-4-3-5-7-13/h3-9,12H,10-11,21H2,1-2H3,(H,22,24). The van der Waals surface area contributed by atoms with Crippen molar-refractivity contribution in [3.8, 4) is 17.2 Å². The van der Waals surface area contributed by atoms with Crippen LogP contribution in [0.25, 0.3) is 5.69 Å². The second kappa shape index (κ2) is 8.90. The Kier molecular flexibility index (Phi) is 6.33. The number of nitrogen functional groups attached to an aromatic ring is 1. The van der Waals surface area contributed by atoms with Crippen LogP contribution in [0.15, 0.2) is 48.5 Å². The van der Waals surface area contributed by atoms with Gasteiger partial charge in [-0.25, -0.2) is 0 Å². The maximum absolute atomic E-state index is 12.6. The SMILES string of the molecule is COc1ccc(OC)c(-n2c(N)c(C(=O)NCCc3ccccc3)sc2=S)c1. The lowest BCUT2D eigenvalue weighted by molar-refractivity contribution is 0.0958. The van der Waals surface area contributed by atoms with Crippen LogP contribution in [0.2, 0.25) is 0 Å². The molecule has 0 bridgehead atoms. The zero-order chi connectivity index (χ0) is 20.1. The Morgan fingerprint density at radius 1 is 1.18 bits per heavy atom. The van der Waals surface area contributed by atoms with Gasteiger partial charge in [-0.2, -0.15) is 0 Å². The summed E-state index contributed by atoms with van der Waals surface area (Å²) in [6.07, 6.45) is 0.738. The molecular weight excluding hydrogens is 394 g/mol. The Morgan fingerprint density at radius 2 is 1.93 bits per heavy atom. The van der Waals surface area contributed by atoms with E-state index in [0.29, 0.717) is 32.6 Å². The van der Waals surface area contributed by atoms with Crippen molar-refractivity contribution >= 4 is 35.3 Å². The summed E-state index contributed by atoms with van der Waals surface area (Å²) in [5.41, 5.74) is 8.07. The molecule has 2 aromatic carbocycles. The quantitative estimate of drug-likeness (QED) is 0.573. The maximum atomic E-state index is 12.6. The molecule has 6 nitrogen and oxygen atoms in total. The predicted molar refractivity (Wildman–Crippen MR) is 114 cm³/mol. The minimum atomic E-state index is -0.245. The summed E-state index contributed by atoms with van der Waals surface area (Å²) >= 11 is 6.63. The number of carbonyl (C=O) groups excluding carboxylic acids is 1. The minimum Gasteiger partial charge on any atom is -0.497 e. The monoisotopic (exact) mass is 415 g/mol. The second-order valence-electron chi connectivity index (χ2n) is 5.95. The Morgan fingerprint density at radius 3 is 2.61 bits per heavy atom. The third-order valence-corrected chi connectivity index (χ3v) is 5.61. The van der Waals surface area contributed by atoms with Gasteiger partial charge in [0, 0.05) is 12.6 Å². The van der Waals surface area contributed by atoms with E-state index in [1.807, 2.05) is 30.3 Å². The molecule has 1 heterocycles. The summed E-state index contributed by atoms with van der Waals surface area (Å²) in [6, 6.07) is 15.3. The van der Waals surface area contributed by atoms with E-state index in [2.05, 4.69) is 5.32 Å².